The molecule has 23 heavy (non-hydrogen) atoms. The van der Waals surface area contributed by atoms with Crippen LogP contribution in [-0.4, -0.2) is 48.4 Å². The van der Waals surface area contributed by atoms with Crippen molar-refractivity contribution in [1.29, 1.82) is 5.26 Å². The Morgan fingerprint density at radius 1 is 1.43 bits per heavy atom. The molecule has 1 unspecified atom stereocenters. The van der Waals surface area contributed by atoms with E-state index in [1.54, 1.807) is 37.0 Å². The predicted octanol–water partition coefficient (Wildman–Crippen LogP) is 2.67. The third kappa shape index (κ3) is 6.24. The Morgan fingerprint density at radius 3 is 2.74 bits per heavy atom. The Morgan fingerprint density at radius 2 is 2.13 bits per heavy atom. The van der Waals surface area contributed by atoms with Crippen LogP contribution in [0.15, 0.2) is 28.7 Å². The Hall–Kier alpha value is -1.52. The Labute approximate surface area is 149 Å². The molecule has 7 heteroatoms. The molecule has 2 amide bonds. The van der Waals surface area contributed by atoms with Crippen LogP contribution < -0.4 is 5.32 Å². The minimum Gasteiger partial charge on any atom is -0.343 e. The number of carbonyl (C=O) groups is 2. The quantitative estimate of drug-likeness (QED) is 0.731. The van der Waals surface area contributed by atoms with E-state index >= 15 is 0 Å². The summed E-state index contributed by atoms with van der Waals surface area (Å²) in [7, 11) is 1.65. The van der Waals surface area contributed by atoms with Crippen molar-refractivity contribution in [3.05, 3.63) is 34.3 Å². The fourth-order valence-electron chi connectivity index (χ4n) is 1.97. The van der Waals surface area contributed by atoms with E-state index in [0.29, 0.717) is 23.0 Å². The highest BCUT2D eigenvalue weighted by Gasteiger charge is 2.24. The summed E-state index contributed by atoms with van der Waals surface area (Å²) in [5.74, 6) is 0.305. The number of nitrogens with one attached hydrogen (secondary N) is 1. The van der Waals surface area contributed by atoms with E-state index in [-0.39, 0.29) is 18.2 Å². The Balaban J connectivity index is 2.82. The highest BCUT2D eigenvalue weighted by molar-refractivity contribution is 9.10. The van der Waals surface area contributed by atoms with Gasteiger partial charge in [-0.05, 0) is 46.5 Å². The summed E-state index contributed by atoms with van der Waals surface area (Å²) in [4.78, 5) is 26.4. The van der Waals surface area contributed by atoms with Crippen molar-refractivity contribution in [2.24, 2.45) is 0 Å². The van der Waals surface area contributed by atoms with Gasteiger partial charge in [0, 0.05) is 18.1 Å². The molecule has 0 aliphatic carbocycles. The summed E-state index contributed by atoms with van der Waals surface area (Å²) in [6, 6.07) is 8.52. The third-order valence-corrected chi connectivity index (χ3v) is 4.60. The van der Waals surface area contributed by atoms with Gasteiger partial charge in [0.05, 0.1) is 18.1 Å². The van der Waals surface area contributed by atoms with Gasteiger partial charge in [-0.3, -0.25) is 9.59 Å². The van der Waals surface area contributed by atoms with Crippen LogP contribution in [0.2, 0.25) is 0 Å². The van der Waals surface area contributed by atoms with Gasteiger partial charge >= 0.3 is 0 Å². The van der Waals surface area contributed by atoms with Gasteiger partial charge in [-0.2, -0.15) is 17.0 Å². The molecule has 124 valence electrons. The van der Waals surface area contributed by atoms with Crippen molar-refractivity contribution < 1.29 is 9.59 Å². The maximum atomic E-state index is 12.5. The van der Waals surface area contributed by atoms with E-state index < -0.39 is 6.04 Å². The lowest BCUT2D eigenvalue weighted by Crippen LogP contribution is -2.48. The first-order chi connectivity index (χ1) is 11.0. The van der Waals surface area contributed by atoms with E-state index in [1.165, 1.54) is 4.90 Å². The second kappa shape index (κ2) is 10.3. The predicted molar refractivity (Wildman–Crippen MR) is 96.3 cm³/mol. The van der Waals surface area contributed by atoms with E-state index in [4.69, 9.17) is 5.26 Å². The molecule has 5 nitrogen and oxygen atoms in total. The molecule has 1 atom stereocenters. The molecule has 0 saturated heterocycles. The van der Waals surface area contributed by atoms with Crippen LogP contribution in [0.1, 0.15) is 23.2 Å². The molecule has 0 radical (unpaired) electrons. The molecule has 1 N–H and O–H groups in total. The Kier molecular flexibility index (Phi) is 8.74. The first-order valence-corrected chi connectivity index (χ1v) is 9.36. The first kappa shape index (κ1) is 19.5. The highest BCUT2D eigenvalue weighted by Crippen LogP contribution is 2.16. The summed E-state index contributed by atoms with van der Waals surface area (Å²) < 4.78 is 0.686. The van der Waals surface area contributed by atoms with Crippen molar-refractivity contribution in [2.45, 2.75) is 18.9 Å². The van der Waals surface area contributed by atoms with E-state index in [1.807, 2.05) is 18.4 Å². The molecule has 0 aliphatic heterocycles. The number of hydrogen-bond acceptors (Lipinski definition) is 4. The molecule has 1 rings (SSSR count). The number of halogens is 1. The van der Waals surface area contributed by atoms with E-state index in [9.17, 15) is 9.59 Å². The number of likely N-dealkylation sites (N-methyl/N-ethyl adjacent to an activating group) is 1. The van der Waals surface area contributed by atoms with Crippen LogP contribution >= 0.6 is 27.7 Å². The fourth-order valence-corrected chi connectivity index (χ4v) is 2.90. The number of nitrogens with zero attached hydrogens (tertiary/aromatic N) is 2. The molecule has 0 spiro atoms. The second-order valence-corrected chi connectivity index (χ2v) is 6.80. The van der Waals surface area contributed by atoms with Crippen molar-refractivity contribution in [1.82, 2.24) is 10.2 Å². The van der Waals surface area contributed by atoms with Crippen molar-refractivity contribution >= 4 is 39.5 Å². The zero-order valence-electron chi connectivity index (χ0n) is 13.2. The summed E-state index contributed by atoms with van der Waals surface area (Å²) in [6.07, 6.45) is 2.78. The number of thioether (sulfide) groups is 1. The van der Waals surface area contributed by atoms with Gasteiger partial charge in [0.15, 0.2) is 0 Å². The van der Waals surface area contributed by atoms with Crippen molar-refractivity contribution in [3.8, 4) is 6.07 Å². The lowest BCUT2D eigenvalue weighted by atomic mass is 10.1. The molecule has 0 aliphatic rings. The van der Waals surface area contributed by atoms with Gasteiger partial charge in [-0.25, -0.2) is 0 Å². The standard InChI is InChI=1S/C16H20BrN3O2S/c1-20(10-5-9-18)16(22)14(8-11-23-2)19-15(21)12-6-3-4-7-13(12)17/h3-4,6-7,14H,5,8,10-11H2,1-2H3,(H,19,21). The fraction of sp³-hybridized carbons (Fsp3) is 0.438. The number of nitriles is 1. The minimum atomic E-state index is -0.592. The maximum Gasteiger partial charge on any atom is 0.253 e. The van der Waals surface area contributed by atoms with Gasteiger partial charge in [0.1, 0.15) is 6.04 Å². The van der Waals surface area contributed by atoms with Crippen LogP contribution in [-0.2, 0) is 4.79 Å². The number of carbonyl (C=O) groups excluding carboxylic acids is 2. The van der Waals surface area contributed by atoms with Gasteiger partial charge in [-0.15, -0.1) is 0 Å². The molecule has 0 aromatic heterocycles. The number of hydrogen-bond donors (Lipinski definition) is 1. The smallest absolute Gasteiger partial charge is 0.253 e. The topological polar surface area (TPSA) is 73.2 Å². The van der Waals surface area contributed by atoms with E-state index in [2.05, 4.69) is 21.2 Å². The molecule has 0 fully saturated rings. The van der Waals surface area contributed by atoms with Crippen LogP contribution in [0.3, 0.4) is 0 Å². The average Bonchev–Trinajstić information content (AvgIpc) is 2.55. The lowest BCUT2D eigenvalue weighted by molar-refractivity contribution is -0.131. The second-order valence-electron chi connectivity index (χ2n) is 4.96. The normalized spacial score (nSPS) is 11.4. The van der Waals surface area contributed by atoms with Crippen LogP contribution in [0, 0.1) is 11.3 Å². The monoisotopic (exact) mass is 397 g/mol. The van der Waals surface area contributed by atoms with Crippen molar-refractivity contribution in [2.75, 3.05) is 25.6 Å². The summed E-state index contributed by atoms with van der Waals surface area (Å²) in [5, 5.41) is 11.4. The van der Waals surface area contributed by atoms with Gasteiger partial charge in [0.2, 0.25) is 5.91 Å². The van der Waals surface area contributed by atoms with Crippen LogP contribution in [0.4, 0.5) is 0 Å². The summed E-state index contributed by atoms with van der Waals surface area (Å²) >= 11 is 4.96. The van der Waals surface area contributed by atoms with Crippen LogP contribution in [0.25, 0.3) is 0 Å². The van der Waals surface area contributed by atoms with Crippen LogP contribution in [0.5, 0.6) is 0 Å². The number of benzene rings is 1. The molecular formula is C16H20BrN3O2S. The maximum absolute atomic E-state index is 12.5. The number of amides is 2. The molecule has 0 bridgehead atoms. The zero-order valence-corrected chi connectivity index (χ0v) is 15.6. The average molecular weight is 398 g/mol. The molecule has 1 aromatic carbocycles. The first-order valence-electron chi connectivity index (χ1n) is 7.17. The third-order valence-electron chi connectivity index (χ3n) is 3.27. The molecule has 0 heterocycles. The van der Waals surface area contributed by atoms with Gasteiger partial charge < -0.3 is 10.2 Å². The minimum absolute atomic E-state index is 0.172. The van der Waals surface area contributed by atoms with Gasteiger partial charge in [-0.1, -0.05) is 12.1 Å². The molecule has 0 saturated carbocycles. The van der Waals surface area contributed by atoms with Gasteiger partial charge in [0.25, 0.3) is 5.91 Å². The number of rotatable bonds is 8. The zero-order chi connectivity index (χ0) is 17.2. The highest BCUT2D eigenvalue weighted by atomic mass is 79.9. The molecular weight excluding hydrogens is 378 g/mol. The molecule has 1 aromatic rings. The largest absolute Gasteiger partial charge is 0.343 e. The summed E-state index contributed by atoms with van der Waals surface area (Å²) in [5.41, 5.74) is 0.495. The SMILES string of the molecule is CSCCC(NC(=O)c1ccccc1Br)C(=O)N(C)CCC#N. The lowest BCUT2D eigenvalue weighted by Gasteiger charge is -2.24. The summed E-state index contributed by atoms with van der Waals surface area (Å²) in [6.45, 7) is 0.357. The van der Waals surface area contributed by atoms with Crippen molar-refractivity contribution in [3.63, 3.8) is 0 Å². The van der Waals surface area contributed by atoms with E-state index in [0.717, 1.165) is 5.75 Å². The Bertz CT molecular complexity index is 589.